The van der Waals surface area contributed by atoms with Crippen molar-refractivity contribution in [1.29, 1.82) is 0 Å². The van der Waals surface area contributed by atoms with Gasteiger partial charge in [0.05, 0.1) is 12.3 Å². The Hall–Kier alpha value is -1.81. The number of para-hydroxylation sites is 1. The highest BCUT2D eigenvalue weighted by Gasteiger charge is 2.25. The predicted octanol–water partition coefficient (Wildman–Crippen LogP) is 3.47. The maximum atomic E-state index is 5.70. The Balaban J connectivity index is 1.82. The normalized spacial score (nSPS) is 19.2. The molecule has 0 saturated heterocycles. The number of ether oxygens (including phenoxy) is 1. The molecule has 0 amide bonds. The van der Waals surface area contributed by atoms with Crippen LogP contribution in [-0.2, 0) is 0 Å². The minimum absolute atomic E-state index is 0.206. The molecule has 106 valence electrons. The first-order chi connectivity index (χ1) is 9.66. The van der Waals surface area contributed by atoms with Crippen molar-refractivity contribution >= 4 is 0 Å². The number of fused-ring (bicyclic) bond motifs is 1. The molecule has 3 rings (SSSR count). The monoisotopic (exact) mass is 272 g/mol. The van der Waals surface area contributed by atoms with Crippen LogP contribution in [0.5, 0.6) is 5.75 Å². The van der Waals surface area contributed by atoms with E-state index >= 15 is 0 Å². The molecule has 4 nitrogen and oxygen atoms in total. The van der Waals surface area contributed by atoms with Crippen molar-refractivity contribution in [1.82, 2.24) is 10.5 Å². The zero-order valence-electron chi connectivity index (χ0n) is 12.1. The molecule has 2 atom stereocenters. The van der Waals surface area contributed by atoms with Gasteiger partial charge >= 0.3 is 0 Å². The van der Waals surface area contributed by atoms with Gasteiger partial charge in [-0.25, -0.2) is 0 Å². The van der Waals surface area contributed by atoms with Crippen LogP contribution in [-0.4, -0.2) is 11.8 Å². The molecule has 0 saturated carbocycles. The minimum atomic E-state index is 0.206. The van der Waals surface area contributed by atoms with E-state index in [0.29, 0.717) is 6.04 Å². The second-order valence-corrected chi connectivity index (χ2v) is 5.35. The molecular weight excluding hydrogens is 252 g/mol. The van der Waals surface area contributed by atoms with E-state index in [2.05, 4.69) is 29.5 Å². The Morgan fingerprint density at radius 3 is 2.85 bits per heavy atom. The highest BCUT2D eigenvalue weighted by atomic mass is 16.5. The molecule has 0 aliphatic carbocycles. The molecule has 4 heteroatoms. The van der Waals surface area contributed by atoms with E-state index in [1.807, 2.05) is 26.0 Å². The molecular formula is C16H20N2O2. The van der Waals surface area contributed by atoms with E-state index in [-0.39, 0.29) is 6.04 Å². The standard InChI is InChI=1S/C16H20N2O2/c1-10(16-11(2)18-20-12(16)3)17-14-8-9-19-15-7-5-4-6-13(14)15/h4-7,10,14,17H,8-9H2,1-3H3. The van der Waals surface area contributed by atoms with Gasteiger partial charge in [0.2, 0.25) is 0 Å². The fourth-order valence-corrected chi connectivity index (χ4v) is 3.01. The van der Waals surface area contributed by atoms with E-state index in [9.17, 15) is 0 Å². The molecule has 1 aromatic heterocycles. The lowest BCUT2D eigenvalue weighted by Gasteiger charge is -2.29. The van der Waals surface area contributed by atoms with E-state index in [1.165, 1.54) is 5.56 Å². The van der Waals surface area contributed by atoms with Gasteiger partial charge < -0.3 is 14.6 Å². The van der Waals surface area contributed by atoms with Crippen molar-refractivity contribution in [3.8, 4) is 5.75 Å². The van der Waals surface area contributed by atoms with Crippen LogP contribution in [0, 0.1) is 13.8 Å². The highest BCUT2D eigenvalue weighted by molar-refractivity contribution is 5.37. The van der Waals surface area contributed by atoms with E-state index in [0.717, 1.165) is 35.8 Å². The number of nitrogens with zero attached hydrogens (tertiary/aromatic N) is 1. The summed E-state index contributed by atoms with van der Waals surface area (Å²) in [5, 5.41) is 7.71. The predicted molar refractivity (Wildman–Crippen MR) is 76.8 cm³/mol. The van der Waals surface area contributed by atoms with Crippen molar-refractivity contribution in [3.63, 3.8) is 0 Å². The average molecular weight is 272 g/mol. The van der Waals surface area contributed by atoms with Gasteiger partial charge in [-0.3, -0.25) is 0 Å². The molecule has 2 aromatic rings. The Labute approximate surface area is 119 Å². The summed E-state index contributed by atoms with van der Waals surface area (Å²) in [6.45, 7) is 6.86. The summed E-state index contributed by atoms with van der Waals surface area (Å²) >= 11 is 0. The fraction of sp³-hybridized carbons (Fsp3) is 0.438. The molecule has 2 heterocycles. The summed E-state index contributed by atoms with van der Waals surface area (Å²) in [5.74, 6) is 1.88. The van der Waals surface area contributed by atoms with Crippen LogP contribution < -0.4 is 10.1 Å². The Morgan fingerprint density at radius 1 is 1.30 bits per heavy atom. The van der Waals surface area contributed by atoms with E-state index in [1.54, 1.807) is 0 Å². The van der Waals surface area contributed by atoms with Crippen LogP contribution in [0.4, 0.5) is 0 Å². The number of hydrogen-bond acceptors (Lipinski definition) is 4. The molecule has 0 bridgehead atoms. The Morgan fingerprint density at radius 2 is 2.10 bits per heavy atom. The summed E-state index contributed by atoms with van der Waals surface area (Å²) in [6, 6.07) is 8.75. The topological polar surface area (TPSA) is 47.3 Å². The summed E-state index contributed by atoms with van der Waals surface area (Å²) in [6.07, 6.45) is 0.977. The van der Waals surface area contributed by atoms with Gasteiger partial charge in [0.25, 0.3) is 0 Å². The van der Waals surface area contributed by atoms with Gasteiger partial charge in [0.15, 0.2) is 0 Å². The molecule has 1 aromatic carbocycles. The van der Waals surface area contributed by atoms with Gasteiger partial charge in [-0.15, -0.1) is 0 Å². The summed E-state index contributed by atoms with van der Waals surface area (Å²) < 4.78 is 11.0. The SMILES string of the molecule is Cc1noc(C)c1C(C)NC1CCOc2ccccc21. The van der Waals surface area contributed by atoms with Gasteiger partial charge in [0.1, 0.15) is 11.5 Å². The van der Waals surface area contributed by atoms with Gasteiger partial charge in [-0.1, -0.05) is 23.4 Å². The van der Waals surface area contributed by atoms with Crippen molar-refractivity contribution in [2.75, 3.05) is 6.61 Å². The van der Waals surface area contributed by atoms with Crippen molar-refractivity contribution in [2.24, 2.45) is 0 Å². The van der Waals surface area contributed by atoms with Gasteiger partial charge in [-0.05, 0) is 26.8 Å². The van der Waals surface area contributed by atoms with E-state index < -0.39 is 0 Å². The van der Waals surface area contributed by atoms with Crippen LogP contribution in [0.15, 0.2) is 28.8 Å². The lowest BCUT2D eigenvalue weighted by Crippen LogP contribution is -2.29. The van der Waals surface area contributed by atoms with Crippen molar-refractivity contribution in [3.05, 3.63) is 46.8 Å². The smallest absolute Gasteiger partial charge is 0.138 e. The van der Waals surface area contributed by atoms with Crippen LogP contribution in [0.2, 0.25) is 0 Å². The zero-order valence-corrected chi connectivity index (χ0v) is 12.1. The van der Waals surface area contributed by atoms with Crippen molar-refractivity contribution in [2.45, 2.75) is 39.3 Å². The quantitative estimate of drug-likeness (QED) is 0.929. The summed E-state index contributed by atoms with van der Waals surface area (Å²) in [7, 11) is 0. The zero-order chi connectivity index (χ0) is 14.1. The molecule has 0 fully saturated rings. The first kappa shape index (κ1) is 13.2. The number of benzene rings is 1. The third-order valence-corrected chi connectivity index (χ3v) is 3.93. The fourth-order valence-electron chi connectivity index (χ4n) is 3.01. The van der Waals surface area contributed by atoms with Crippen molar-refractivity contribution < 1.29 is 9.26 Å². The molecule has 2 unspecified atom stereocenters. The third kappa shape index (κ3) is 2.31. The first-order valence-electron chi connectivity index (χ1n) is 7.07. The van der Waals surface area contributed by atoms with Crippen LogP contribution in [0.1, 0.15) is 48.0 Å². The second-order valence-electron chi connectivity index (χ2n) is 5.35. The number of aryl methyl sites for hydroxylation is 2. The molecule has 0 spiro atoms. The molecule has 1 aliphatic rings. The number of rotatable bonds is 3. The summed E-state index contributed by atoms with van der Waals surface area (Å²) in [4.78, 5) is 0. The number of nitrogens with one attached hydrogen (secondary N) is 1. The molecule has 1 N–H and O–H groups in total. The number of hydrogen-bond donors (Lipinski definition) is 1. The molecule has 0 radical (unpaired) electrons. The Bertz CT molecular complexity index is 587. The van der Waals surface area contributed by atoms with E-state index in [4.69, 9.17) is 9.26 Å². The first-order valence-corrected chi connectivity index (χ1v) is 7.07. The summed E-state index contributed by atoms with van der Waals surface area (Å²) in [5.41, 5.74) is 3.36. The van der Waals surface area contributed by atoms with Crippen LogP contribution in [0.3, 0.4) is 0 Å². The lowest BCUT2D eigenvalue weighted by atomic mass is 9.98. The Kier molecular flexibility index (Phi) is 3.49. The molecule has 1 aliphatic heterocycles. The maximum absolute atomic E-state index is 5.70. The van der Waals surface area contributed by atoms with Gasteiger partial charge in [0, 0.05) is 29.6 Å². The van der Waals surface area contributed by atoms with Gasteiger partial charge in [-0.2, -0.15) is 0 Å². The maximum Gasteiger partial charge on any atom is 0.138 e. The average Bonchev–Trinajstić information content (AvgIpc) is 2.78. The van der Waals surface area contributed by atoms with Crippen LogP contribution in [0.25, 0.3) is 0 Å². The lowest BCUT2D eigenvalue weighted by molar-refractivity contribution is 0.245. The van der Waals surface area contributed by atoms with Crippen LogP contribution >= 0.6 is 0 Å². The second kappa shape index (κ2) is 5.29. The highest BCUT2D eigenvalue weighted by Crippen LogP contribution is 2.34. The largest absolute Gasteiger partial charge is 0.493 e. The minimum Gasteiger partial charge on any atom is -0.493 e. The number of aromatic nitrogens is 1. The molecule has 20 heavy (non-hydrogen) atoms. The third-order valence-electron chi connectivity index (χ3n) is 3.93.